The first-order valence-corrected chi connectivity index (χ1v) is 8.66. The second kappa shape index (κ2) is 5.84. The zero-order chi connectivity index (χ0) is 17.6. The van der Waals surface area contributed by atoms with Gasteiger partial charge in [-0.2, -0.15) is 0 Å². The Morgan fingerprint density at radius 1 is 0.958 bits per heavy atom. The van der Waals surface area contributed by atoms with Crippen LogP contribution in [0.5, 0.6) is 0 Å². The first-order valence-electron chi connectivity index (χ1n) is 6.42. The number of fused-ring (bicyclic) bond motifs is 1. The molecule has 1 N–H and O–H groups in total. The molecule has 24 heavy (non-hydrogen) atoms. The van der Waals surface area contributed by atoms with Crippen molar-refractivity contribution in [3.63, 3.8) is 0 Å². The summed E-state index contributed by atoms with van der Waals surface area (Å²) < 4.78 is 51.9. The van der Waals surface area contributed by atoms with Gasteiger partial charge in [0.2, 0.25) is 15.3 Å². The molecule has 124 valence electrons. The maximum Gasteiger partial charge on any atom is 0.211 e. The Balaban J connectivity index is 2.28. The summed E-state index contributed by atoms with van der Waals surface area (Å²) in [6.45, 7) is 0. The topological polar surface area (TPSA) is 67.0 Å². The smallest absolute Gasteiger partial charge is 0.211 e. The molecule has 0 radical (unpaired) electrons. The highest BCUT2D eigenvalue weighted by Gasteiger charge is 2.24. The first kappa shape index (κ1) is 16.9. The lowest BCUT2D eigenvalue weighted by Gasteiger charge is -2.07. The molecule has 3 rings (SSSR count). The number of halogens is 4. The number of hydrogen-bond donors (Lipinski definition) is 1. The maximum atomic E-state index is 13.4. The summed E-state index contributed by atoms with van der Waals surface area (Å²) >= 11 is 11.2. The zero-order valence-corrected chi connectivity index (χ0v) is 13.9. The van der Waals surface area contributed by atoms with Gasteiger partial charge in [-0.05, 0) is 30.3 Å². The van der Waals surface area contributed by atoms with Crippen molar-refractivity contribution in [1.29, 1.82) is 0 Å². The Kier molecular flexibility index (Phi) is 4.11. The molecule has 0 saturated carbocycles. The number of sulfone groups is 1. The molecular formula is C15H7Cl2F2NO3S. The summed E-state index contributed by atoms with van der Waals surface area (Å²) in [5, 5.41) is -0.790. The fourth-order valence-corrected chi connectivity index (χ4v) is 3.92. The van der Waals surface area contributed by atoms with Gasteiger partial charge in [0.1, 0.15) is 16.5 Å². The van der Waals surface area contributed by atoms with Gasteiger partial charge in [0, 0.05) is 11.6 Å². The third-order valence-electron chi connectivity index (χ3n) is 3.38. The predicted octanol–water partition coefficient (Wildman–Crippen LogP) is 3.95. The number of nitrogens with one attached hydrogen (secondary N) is 1. The second-order valence-electron chi connectivity index (χ2n) is 4.87. The van der Waals surface area contributed by atoms with E-state index < -0.39 is 36.8 Å². The average Bonchev–Trinajstić information content (AvgIpc) is 2.52. The van der Waals surface area contributed by atoms with Crippen LogP contribution < -0.4 is 5.43 Å². The van der Waals surface area contributed by atoms with E-state index in [1.54, 1.807) is 0 Å². The number of pyridine rings is 1. The third-order valence-corrected chi connectivity index (χ3v) is 5.71. The maximum absolute atomic E-state index is 13.4. The van der Waals surface area contributed by atoms with E-state index in [-0.39, 0.29) is 20.8 Å². The summed E-state index contributed by atoms with van der Waals surface area (Å²) in [5.41, 5.74) is -0.760. The number of benzene rings is 2. The largest absolute Gasteiger partial charge is 0.360 e. The van der Waals surface area contributed by atoms with Gasteiger partial charge in [-0.25, -0.2) is 17.2 Å². The number of H-pyrrole nitrogens is 1. The molecule has 0 spiro atoms. The van der Waals surface area contributed by atoms with Crippen LogP contribution in [0.25, 0.3) is 10.9 Å². The van der Waals surface area contributed by atoms with E-state index in [2.05, 4.69) is 4.98 Å². The van der Waals surface area contributed by atoms with Crippen molar-refractivity contribution < 1.29 is 17.2 Å². The zero-order valence-electron chi connectivity index (χ0n) is 11.6. The van der Waals surface area contributed by atoms with Crippen LogP contribution >= 0.6 is 23.2 Å². The molecule has 0 aliphatic heterocycles. The normalized spacial score (nSPS) is 11.8. The lowest BCUT2D eigenvalue weighted by atomic mass is 10.2. The van der Waals surface area contributed by atoms with E-state index >= 15 is 0 Å². The van der Waals surface area contributed by atoms with Gasteiger partial charge in [-0.15, -0.1) is 0 Å². The van der Waals surface area contributed by atoms with Crippen LogP contribution in [0.4, 0.5) is 8.78 Å². The van der Waals surface area contributed by atoms with Crippen LogP contribution in [-0.4, -0.2) is 13.4 Å². The van der Waals surface area contributed by atoms with Crippen LogP contribution in [0, 0.1) is 11.6 Å². The van der Waals surface area contributed by atoms with Gasteiger partial charge in [-0.3, -0.25) is 4.79 Å². The Morgan fingerprint density at radius 2 is 1.62 bits per heavy atom. The van der Waals surface area contributed by atoms with Crippen LogP contribution in [-0.2, 0) is 9.84 Å². The van der Waals surface area contributed by atoms with Crippen molar-refractivity contribution in [2.75, 3.05) is 0 Å². The molecule has 0 amide bonds. The summed E-state index contributed by atoms with van der Waals surface area (Å²) in [7, 11) is -4.26. The van der Waals surface area contributed by atoms with Crippen LogP contribution in [0.3, 0.4) is 0 Å². The quantitative estimate of drug-likeness (QED) is 0.674. The van der Waals surface area contributed by atoms with E-state index in [9.17, 15) is 22.0 Å². The first-order chi connectivity index (χ1) is 11.2. The van der Waals surface area contributed by atoms with Crippen LogP contribution in [0.1, 0.15) is 0 Å². The van der Waals surface area contributed by atoms with Crippen LogP contribution in [0.15, 0.2) is 51.1 Å². The second-order valence-corrected chi connectivity index (χ2v) is 7.61. The molecule has 0 atom stereocenters. The SMILES string of the molecule is O=c1c(S(=O)(=O)c2ccc(F)c(Cl)c2)c[nH]c2cc(F)c(Cl)cc12. The average molecular weight is 390 g/mol. The van der Waals surface area contributed by atoms with Gasteiger partial charge in [-0.1, -0.05) is 23.2 Å². The summed E-state index contributed by atoms with van der Waals surface area (Å²) in [5.74, 6) is -1.54. The van der Waals surface area contributed by atoms with E-state index in [0.29, 0.717) is 0 Å². The highest BCUT2D eigenvalue weighted by atomic mass is 35.5. The molecule has 2 aromatic carbocycles. The van der Waals surface area contributed by atoms with Gasteiger partial charge < -0.3 is 4.98 Å². The van der Waals surface area contributed by atoms with Crippen molar-refractivity contribution in [2.45, 2.75) is 9.79 Å². The minimum Gasteiger partial charge on any atom is -0.360 e. The van der Waals surface area contributed by atoms with Gasteiger partial charge in [0.15, 0.2) is 0 Å². The molecule has 0 unspecified atom stereocenters. The minimum atomic E-state index is -4.26. The van der Waals surface area contributed by atoms with Gasteiger partial charge in [0.25, 0.3) is 0 Å². The van der Waals surface area contributed by atoms with Gasteiger partial charge in [0.05, 0.1) is 20.5 Å². The number of hydrogen-bond acceptors (Lipinski definition) is 3. The van der Waals surface area contributed by atoms with E-state index in [0.717, 1.165) is 36.5 Å². The van der Waals surface area contributed by atoms with Crippen molar-refractivity contribution in [3.8, 4) is 0 Å². The Labute approximate surface area is 144 Å². The molecular weight excluding hydrogens is 383 g/mol. The molecule has 9 heteroatoms. The summed E-state index contributed by atoms with van der Waals surface area (Å²) in [6.07, 6.45) is 0.949. The summed E-state index contributed by atoms with van der Waals surface area (Å²) in [6, 6.07) is 4.83. The predicted molar refractivity (Wildman–Crippen MR) is 86.4 cm³/mol. The molecule has 0 bridgehead atoms. The monoisotopic (exact) mass is 389 g/mol. The van der Waals surface area contributed by atoms with E-state index in [1.165, 1.54) is 0 Å². The number of rotatable bonds is 2. The van der Waals surface area contributed by atoms with E-state index in [1.807, 2.05) is 0 Å². The Morgan fingerprint density at radius 3 is 2.29 bits per heavy atom. The fourth-order valence-electron chi connectivity index (χ4n) is 2.17. The van der Waals surface area contributed by atoms with Crippen LogP contribution in [0.2, 0.25) is 10.0 Å². The molecule has 3 aromatic rings. The van der Waals surface area contributed by atoms with Crippen molar-refractivity contribution >= 4 is 43.9 Å². The summed E-state index contributed by atoms with van der Waals surface area (Å²) in [4.78, 5) is 14.1. The highest BCUT2D eigenvalue weighted by molar-refractivity contribution is 7.91. The standard InChI is InChI=1S/C15H7Cl2F2NO3S/c16-9-3-7(1-2-11(9)18)24(22,23)14-6-20-13-5-12(19)10(17)4-8(13)15(14)21/h1-6H,(H,20,21). The van der Waals surface area contributed by atoms with Crippen molar-refractivity contribution in [1.82, 2.24) is 4.98 Å². The molecule has 1 aromatic heterocycles. The van der Waals surface area contributed by atoms with E-state index in [4.69, 9.17) is 23.2 Å². The molecule has 0 aliphatic carbocycles. The number of aromatic nitrogens is 1. The van der Waals surface area contributed by atoms with Crippen molar-refractivity contribution in [2.24, 2.45) is 0 Å². The van der Waals surface area contributed by atoms with Crippen molar-refractivity contribution in [3.05, 3.63) is 68.4 Å². The lowest BCUT2D eigenvalue weighted by molar-refractivity contribution is 0.594. The van der Waals surface area contributed by atoms with Gasteiger partial charge >= 0.3 is 0 Å². The molecule has 0 aliphatic rings. The molecule has 4 nitrogen and oxygen atoms in total. The minimum absolute atomic E-state index is 0.0873. The Bertz CT molecular complexity index is 1140. The molecule has 0 saturated heterocycles. The lowest BCUT2D eigenvalue weighted by Crippen LogP contribution is -2.16. The third kappa shape index (κ3) is 2.68. The molecule has 0 fully saturated rings. The Hall–Kier alpha value is -1.96. The number of aromatic amines is 1. The molecule has 1 heterocycles. The fraction of sp³-hybridized carbons (Fsp3) is 0. The highest BCUT2D eigenvalue weighted by Crippen LogP contribution is 2.25.